The standard InChI is InChI=1S/C53H32N2OS/c1-2-12-34(13-3-1)46-32-47(37-26-28-41-40-16-6-10-20-48(40)56-49(41)31-37)55-52(54-46)35-24-22-33(23-25-35)36-27-29-51-45(30-36)53(44-19-9-11-21-50(44)57-51)42-17-7-4-14-38(42)39-15-5-8-18-43(39)53/h1-32H. The van der Waals surface area contributed by atoms with Crippen LogP contribution in [0.4, 0.5) is 0 Å². The summed E-state index contributed by atoms with van der Waals surface area (Å²) in [4.78, 5) is 12.9. The van der Waals surface area contributed by atoms with Gasteiger partial charge in [0, 0.05) is 37.3 Å². The molecule has 1 aliphatic heterocycles. The van der Waals surface area contributed by atoms with Gasteiger partial charge in [-0.25, -0.2) is 9.97 Å². The van der Waals surface area contributed by atoms with Crippen LogP contribution >= 0.6 is 11.8 Å². The lowest BCUT2D eigenvalue weighted by molar-refractivity contribution is 0.669. The van der Waals surface area contributed by atoms with E-state index in [4.69, 9.17) is 14.4 Å². The number of hydrogen-bond acceptors (Lipinski definition) is 4. The minimum atomic E-state index is -0.409. The van der Waals surface area contributed by atoms with Gasteiger partial charge in [-0.3, -0.25) is 0 Å². The highest BCUT2D eigenvalue weighted by atomic mass is 32.2. The molecule has 4 heteroatoms. The molecule has 1 aliphatic carbocycles. The first kappa shape index (κ1) is 32.3. The first-order chi connectivity index (χ1) is 28.2. The van der Waals surface area contributed by atoms with E-state index in [1.54, 1.807) is 0 Å². The van der Waals surface area contributed by atoms with Crippen LogP contribution in [0.25, 0.3) is 78.1 Å². The van der Waals surface area contributed by atoms with Gasteiger partial charge in [0.2, 0.25) is 0 Å². The fraction of sp³-hybridized carbons (Fsp3) is 0.0189. The van der Waals surface area contributed by atoms with E-state index in [9.17, 15) is 0 Å². The van der Waals surface area contributed by atoms with Gasteiger partial charge < -0.3 is 4.42 Å². The van der Waals surface area contributed by atoms with E-state index in [0.29, 0.717) is 5.82 Å². The minimum absolute atomic E-state index is 0.409. The molecule has 12 rings (SSSR count). The van der Waals surface area contributed by atoms with Crippen LogP contribution < -0.4 is 0 Å². The van der Waals surface area contributed by atoms with Crippen molar-refractivity contribution < 1.29 is 4.42 Å². The van der Waals surface area contributed by atoms with Gasteiger partial charge >= 0.3 is 0 Å². The topological polar surface area (TPSA) is 38.9 Å². The molecular formula is C53H32N2OS. The van der Waals surface area contributed by atoms with Gasteiger partial charge in [0.05, 0.1) is 16.8 Å². The van der Waals surface area contributed by atoms with Gasteiger partial charge in [0.15, 0.2) is 5.82 Å². The van der Waals surface area contributed by atoms with Gasteiger partial charge in [-0.15, -0.1) is 0 Å². The quantitative estimate of drug-likeness (QED) is 0.180. The van der Waals surface area contributed by atoms with Crippen LogP contribution in [0.1, 0.15) is 22.3 Å². The normalized spacial score (nSPS) is 13.3. The lowest BCUT2D eigenvalue weighted by Gasteiger charge is -2.40. The summed E-state index contributed by atoms with van der Waals surface area (Å²) in [5, 5.41) is 2.21. The van der Waals surface area contributed by atoms with E-state index < -0.39 is 5.41 Å². The first-order valence-electron chi connectivity index (χ1n) is 19.3. The van der Waals surface area contributed by atoms with Crippen LogP contribution in [0.2, 0.25) is 0 Å². The van der Waals surface area contributed by atoms with Crippen molar-refractivity contribution in [3.8, 4) is 56.2 Å². The van der Waals surface area contributed by atoms with Crippen LogP contribution in [-0.2, 0) is 5.41 Å². The molecule has 3 nitrogen and oxygen atoms in total. The molecule has 10 aromatic rings. The number of fused-ring (bicyclic) bond motifs is 12. The van der Waals surface area contributed by atoms with Crippen LogP contribution in [0, 0.1) is 0 Å². The number of hydrogen-bond donors (Lipinski definition) is 0. The number of rotatable bonds is 4. The summed E-state index contributed by atoms with van der Waals surface area (Å²) in [6.07, 6.45) is 0. The molecule has 0 saturated carbocycles. The molecule has 0 N–H and O–H groups in total. The van der Waals surface area contributed by atoms with Crippen LogP contribution in [-0.4, -0.2) is 9.97 Å². The second-order valence-corrected chi connectivity index (χ2v) is 15.9. The Kier molecular flexibility index (Phi) is 7.08. The third-order valence-electron chi connectivity index (χ3n) is 11.8. The molecule has 266 valence electrons. The Labute approximate surface area is 334 Å². The van der Waals surface area contributed by atoms with E-state index in [-0.39, 0.29) is 0 Å². The van der Waals surface area contributed by atoms with Gasteiger partial charge in [-0.1, -0.05) is 163 Å². The Morgan fingerprint density at radius 2 is 0.947 bits per heavy atom. The molecule has 2 aromatic heterocycles. The number of aromatic nitrogens is 2. The predicted octanol–water partition coefficient (Wildman–Crippen LogP) is 13.9. The highest BCUT2D eigenvalue weighted by Crippen LogP contribution is 2.62. The lowest BCUT2D eigenvalue weighted by atomic mass is 9.67. The third kappa shape index (κ3) is 4.87. The van der Waals surface area contributed by atoms with E-state index in [1.807, 2.05) is 36.0 Å². The zero-order valence-electron chi connectivity index (χ0n) is 30.7. The fourth-order valence-corrected chi connectivity index (χ4v) is 10.4. The van der Waals surface area contributed by atoms with Crippen molar-refractivity contribution in [1.82, 2.24) is 9.97 Å². The summed E-state index contributed by atoms with van der Waals surface area (Å²) in [6, 6.07) is 69.6. The SMILES string of the molecule is c1ccc(-c2cc(-c3ccc4c(c3)oc3ccccc34)nc(-c3ccc(-c4ccc5c(c4)C4(c6ccccc6S5)c5ccccc5-c5ccccc54)cc3)n2)cc1. The summed E-state index contributed by atoms with van der Waals surface area (Å²) < 4.78 is 6.27. The fourth-order valence-electron chi connectivity index (χ4n) is 9.21. The van der Waals surface area contributed by atoms with Crippen molar-refractivity contribution in [2.24, 2.45) is 0 Å². The summed E-state index contributed by atoms with van der Waals surface area (Å²) >= 11 is 1.87. The van der Waals surface area contributed by atoms with Crippen molar-refractivity contribution >= 4 is 33.7 Å². The van der Waals surface area contributed by atoms with Crippen molar-refractivity contribution in [2.45, 2.75) is 15.2 Å². The smallest absolute Gasteiger partial charge is 0.160 e. The van der Waals surface area contributed by atoms with Crippen LogP contribution in [0.15, 0.2) is 208 Å². The molecule has 0 bridgehead atoms. The van der Waals surface area contributed by atoms with Crippen molar-refractivity contribution in [3.05, 3.63) is 216 Å². The van der Waals surface area contributed by atoms with Gasteiger partial charge in [0.25, 0.3) is 0 Å². The monoisotopic (exact) mass is 744 g/mol. The van der Waals surface area contributed by atoms with E-state index in [2.05, 4.69) is 170 Å². The van der Waals surface area contributed by atoms with Crippen LogP contribution in [0.3, 0.4) is 0 Å². The summed E-state index contributed by atoms with van der Waals surface area (Å²) in [5.74, 6) is 0.680. The zero-order chi connectivity index (χ0) is 37.5. The van der Waals surface area contributed by atoms with Gasteiger partial charge in [-0.2, -0.15) is 0 Å². The van der Waals surface area contributed by atoms with Crippen molar-refractivity contribution in [1.29, 1.82) is 0 Å². The highest BCUT2D eigenvalue weighted by Gasteiger charge is 2.50. The molecule has 8 aromatic carbocycles. The maximum absolute atomic E-state index is 6.27. The maximum Gasteiger partial charge on any atom is 0.160 e. The molecule has 3 heterocycles. The predicted molar refractivity (Wildman–Crippen MR) is 232 cm³/mol. The maximum atomic E-state index is 6.27. The zero-order valence-corrected chi connectivity index (χ0v) is 31.5. The molecule has 1 spiro atoms. The molecule has 0 fully saturated rings. The summed E-state index contributed by atoms with van der Waals surface area (Å²) in [5.41, 5.74) is 16.3. The van der Waals surface area contributed by atoms with Gasteiger partial charge in [-0.05, 0) is 87.0 Å². The Morgan fingerprint density at radius 3 is 1.74 bits per heavy atom. The largest absolute Gasteiger partial charge is 0.456 e. The first-order valence-corrected chi connectivity index (χ1v) is 20.1. The Bertz CT molecular complexity index is 3170. The Balaban J connectivity index is 0.976. The van der Waals surface area contributed by atoms with E-state index in [1.165, 1.54) is 48.7 Å². The number of nitrogens with zero attached hydrogens (tertiary/aromatic N) is 2. The molecule has 57 heavy (non-hydrogen) atoms. The molecular weight excluding hydrogens is 713 g/mol. The summed E-state index contributed by atoms with van der Waals surface area (Å²) in [7, 11) is 0. The Hall–Kier alpha value is -7.01. The number of para-hydroxylation sites is 1. The molecule has 0 saturated heterocycles. The van der Waals surface area contributed by atoms with E-state index in [0.717, 1.165) is 55.6 Å². The average molecular weight is 745 g/mol. The van der Waals surface area contributed by atoms with Crippen molar-refractivity contribution in [2.75, 3.05) is 0 Å². The number of benzene rings is 8. The second kappa shape index (κ2) is 12.5. The summed E-state index contributed by atoms with van der Waals surface area (Å²) in [6.45, 7) is 0. The van der Waals surface area contributed by atoms with Crippen LogP contribution in [0.5, 0.6) is 0 Å². The molecule has 0 unspecified atom stereocenters. The highest BCUT2D eigenvalue weighted by molar-refractivity contribution is 7.99. The lowest BCUT2D eigenvalue weighted by Crippen LogP contribution is -2.32. The second-order valence-electron chi connectivity index (χ2n) is 14.9. The third-order valence-corrected chi connectivity index (χ3v) is 12.9. The van der Waals surface area contributed by atoms with E-state index >= 15 is 0 Å². The number of furan rings is 1. The van der Waals surface area contributed by atoms with Crippen molar-refractivity contribution in [3.63, 3.8) is 0 Å². The molecule has 0 amide bonds. The average Bonchev–Trinajstić information content (AvgIpc) is 3.80. The Morgan fingerprint density at radius 1 is 0.368 bits per heavy atom. The van der Waals surface area contributed by atoms with Gasteiger partial charge in [0.1, 0.15) is 11.2 Å². The molecule has 2 aliphatic rings. The minimum Gasteiger partial charge on any atom is -0.456 e. The molecule has 0 radical (unpaired) electrons. The molecule has 0 atom stereocenters.